The molecule has 3 aliphatic carbocycles. The molecule has 2 aromatic carbocycles. The van der Waals surface area contributed by atoms with Crippen molar-refractivity contribution in [1.29, 1.82) is 0 Å². The highest BCUT2D eigenvalue weighted by molar-refractivity contribution is 7.80. The maximum atomic E-state index is 13.8. The zero-order chi connectivity index (χ0) is 44.3. The molecular weight excluding hydrogens is 825 g/mol. The lowest BCUT2D eigenvalue weighted by Crippen LogP contribution is -2.20. The Morgan fingerprint density at radius 1 is 0.556 bits per heavy atom. The molecule has 0 spiro atoms. The third-order valence-electron chi connectivity index (χ3n) is 13.4. The van der Waals surface area contributed by atoms with Crippen molar-refractivity contribution in [1.82, 2.24) is 19.9 Å². The smallest absolute Gasteiger partial charge is 0.228 e. The van der Waals surface area contributed by atoms with E-state index < -0.39 is 0 Å². The first-order valence-electron chi connectivity index (χ1n) is 21.4. The molecule has 5 heterocycles. The zero-order valence-electron chi connectivity index (χ0n) is 36.0. The normalized spacial score (nSPS) is 20.5. The Hall–Kier alpha value is -6.05. The fourth-order valence-corrected chi connectivity index (χ4v) is 9.65. The van der Waals surface area contributed by atoms with Crippen LogP contribution in [0.25, 0.3) is 68.6 Å². The summed E-state index contributed by atoms with van der Waals surface area (Å²) in [7, 11) is 0. The highest BCUT2D eigenvalue weighted by Gasteiger charge is 2.52. The summed E-state index contributed by atoms with van der Waals surface area (Å²) in [6.07, 6.45) is 10.2. The van der Waals surface area contributed by atoms with Gasteiger partial charge in [-0.1, -0.05) is 41.5 Å². The number of aromatic nitrogens is 4. The molecule has 3 fully saturated rings. The van der Waals surface area contributed by atoms with Gasteiger partial charge in [0.15, 0.2) is 0 Å². The maximum absolute atomic E-state index is 13.8. The van der Waals surface area contributed by atoms with Crippen LogP contribution in [0.2, 0.25) is 0 Å². The number of aromatic amines is 2. The number of hydrogen-bond donors (Lipinski definition) is 8. The van der Waals surface area contributed by atoms with Gasteiger partial charge < -0.3 is 31.7 Å². The molecule has 3 atom stereocenters. The molecule has 3 saturated carbocycles. The standard InChI is InChI=1S/C50H50N8O3S2/c1-48(2)21-30(48)45(59)56-38-18-28(62)17-33(51)41(38)42-34-11-7-24(52-34)15-26-9-13-36(54-26)43(37-14-10-27(55-37)16-25-8-12-35(42)53-25)44-39(57-46(60)31-22-49(31,3)4)19-29(63)20-40(44)58-47(61)32-23-50(32,5)6/h7-20,30-32,52,55,62-63H,21-23,51H2,1-6H3,(H,56,59)(H,57,60)(H,58,61)/t30-,31-,32+/m0/s1. The number of rotatable bonds is 8. The summed E-state index contributed by atoms with van der Waals surface area (Å²) in [6, 6.07) is 19.1. The van der Waals surface area contributed by atoms with E-state index in [0.29, 0.717) is 72.0 Å². The second-order valence-electron chi connectivity index (χ2n) is 19.8. The Labute approximate surface area is 376 Å². The van der Waals surface area contributed by atoms with Crippen LogP contribution < -0.4 is 21.7 Å². The SMILES string of the molecule is CC1(C)C[C@@H]1C(=O)Nc1cc(S)cc(NC(=O)[C@@H]2CC2(C)C)c1-c1c2nc(cc3ccc([nH]3)c(-c3c(N)cc(S)cc3NC(=O)[C@@H]3CC3(C)C)c3nc(cc4ccc1[nH]4)C=C3)C=C2. The molecule has 3 amide bonds. The number of thiol groups is 2. The minimum absolute atomic E-state index is 0.0560. The van der Waals surface area contributed by atoms with Crippen LogP contribution in [0.15, 0.2) is 70.5 Å². The first kappa shape index (κ1) is 41.0. The topological polar surface area (TPSA) is 171 Å². The second-order valence-corrected chi connectivity index (χ2v) is 20.8. The van der Waals surface area contributed by atoms with E-state index in [1.165, 1.54) is 0 Å². The number of benzene rings is 2. The number of fused-ring (bicyclic) bond motifs is 8. The lowest BCUT2D eigenvalue weighted by atomic mass is 9.98. The van der Waals surface area contributed by atoms with Gasteiger partial charge in [0, 0.05) is 77.6 Å². The molecule has 0 unspecified atom stereocenters. The number of nitrogens with zero attached hydrogens (tertiary/aromatic N) is 2. The zero-order valence-corrected chi connectivity index (χ0v) is 37.8. The fourth-order valence-electron chi connectivity index (χ4n) is 9.12. The summed E-state index contributed by atoms with van der Waals surface area (Å²) in [6.45, 7) is 12.6. The number of carbonyl (C=O) groups is 3. The maximum Gasteiger partial charge on any atom is 0.228 e. The number of carbonyl (C=O) groups excluding carboxylic acids is 3. The average molecular weight is 875 g/mol. The summed E-state index contributed by atoms with van der Waals surface area (Å²) in [4.78, 5) is 59.9. The number of amides is 3. The van der Waals surface area contributed by atoms with Gasteiger partial charge in [-0.3, -0.25) is 14.4 Å². The molecule has 5 aromatic rings. The molecule has 3 aromatic heterocycles. The summed E-state index contributed by atoms with van der Waals surface area (Å²) < 4.78 is 0. The quantitative estimate of drug-likeness (QED) is 0.0558. The van der Waals surface area contributed by atoms with E-state index in [-0.39, 0.29) is 51.7 Å². The predicted molar refractivity (Wildman–Crippen MR) is 260 cm³/mol. The van der Waals surface area contributed by atoms with Gasteiger partial charge in [0.1, 0.15) is 0 Å². The van der Waals surface area contributed by atoms with Crippen molar-refractivity contribution in [2.24, 2.45) is 34.0 Å². The van der Waals surface area contributed by atoms with Crippen molar-refractivity contribution < 1.29 is 14.4 Å². The van der Waals surface area contributed by atoms with Gasteiger partial charge in [0.05, 0.1) is 39.8 Å². The van der Waals surface area contributed by atoms with E-state index in [0.717, 1.165) is 46.9 Å². The Balaban J connectivity index is 1.18. The Kier molecular flexibility index (Phi) is 9.43. The number of anilines is 4. The lowest BCUT2D eigenvalue weighted by Gasteiger charge is -2.19. The van der Waals surface area contributed by atoms with Crippen LogP contribution in [-0.4, -0.2) is 37.7 Å². The Morgan fingerprint density at radius 2 is 0.921 bits per heavy atom. The Morgan fingerprint density at radius 3 is 1.32 bits per heavy atom. The third kappa shape index (κ3) is 7.75. The van der Waals surface area contributed by atoms with Crippen LogP contribution >= 0.6 is 25.3 Å². The molecule has 7 N–H and O–H groups in total. The molecule has 8 bridgehead atoms. The van der Waals surface area contributed by atoms with E-state index in [9.17, 15) is 14.4 Å². The van der Waals surface area contributed by atoms with E-state index in [1.54, 1.807) is 6.07 Å². The van der Waals surface area contributed by atoms with E-state index >= 15 is 0 Å². The average Bonchev–Trinajstić information content (AvgIpc) is 3.80. The molecule has 2 aliphatic heterocycles. The fraction of sp³-hybridized carbons (Fsp3) is 0.300. The Bertz CT molecular complexity index is 3020. The summed E-state index contributed by atoms with van der Waals surface area (Å²) in [5.74, 6) is -0.607. The molecule has 5 aliphatic rings. The molecule has 11 nitrogen and oxygen atoms in total. The van der Waals surface area contributed by atoms with E-state index in [2.05, 4.69) is 80.1 Å². The van der Waals surface area contributed by atoms with Crippen LogP contribution in [-0.2, 0) is 14.4 Å². The number of nitrogens with two attached hydrogens (primary N) is 1. The highest BCUT2D eigenvalue weighted by atomic mass is 32.1. The lowest BCUT2D eigenvalue weighted by molar-refractivity contribution is -0.118. The van der Waals surface area contributed by atoms with Gasteiger partial charge >= 0.3 is 0 Å². The van der Waals surface area contributed by atoms with Gasteiger partial charge in [0.2, 0.25) is 17.7 Å². The van der Waals surface area contributed by atoms with Crippen LogP contribution in [0.5, 0.6) is 0 Å². The van der Waals surface area contributed by atoms with Crippen molar-refractivity contribution in [2.45, 2.75) is 70.6 Å². The van der Waals surface area contributed by atoms with Crippen molar-refractivity contribution in [3.05, 3.63) is 83.4 Å². The molecule has 320 valence electrons. The molecule has 0 radical (unpaired) electrons. The number of nitrogens with one attached hydrogen (secondary N) is 5. The minimum atomic E-state index is -0.143. The number of H-pyrrole nitrogens is 2. The summed E-state index contributed by atoms with van der Waals surface area (Å²) >= 11 is 9.41. The molecular formula is C50H50N8O3S2. The molecule has 63 heavy (non-hydrogen) atoms. The van der Waals surface area contributed by atoms with Crippen LogP contribution in [0.1, 0.15) is 83.6 Å². The van der Waals surface area contributed by atoms with Crippen molar-refractivity contribution in [3.63, 3.8) is 0 Å². The van der Waals surface area contributed by atoms with E-state index in [4.69, 9.17) is 28.3 Å². The van der Waals surface area contributed by atoms with Gasteiger partial charge in [-0.2, -0.15) is 0 Å². The molecule has 0 saturated heterocycles. The number of nitrogen functional groups attached to an aromatic ring is 1. The second kappa shape index (κ2) is 14.5. The van der Waals surface area contributed by atoms with Crippen LogP contribution in [0, 0.1) is 34.0 Å². The largest absolute Gasteiger partial charge is 0.398 e. The van der Waals surface area contributed by atoms with Gasteiger partial charge in [0.25, 0.3) is 0 Å². The van der Waals surface area contributed by atoms with Crippen molar-refractivity contribution in [3.8, 4) is 22.3 Å². The minimum Gasteiger partial charge on any atom is -0.398 e. The predicted octanol–water partition coefficient (Wildman–Crippen LogP) is 11.1. The highest BCUT2D eigenvalue weighted by Crippen LogP contribution is 2.55. The summed E-state index contributed by atoms with van der Waals surface area (Å²) in [5.41, 5.74) is 16.9. The molecule has 10 rings (SSSR count). The van der Waals surface area contributed by atoms with E-state index in [1.807, 2.05) is 78.9 Å². The first-order valence-corrected chi connectivity index (χ1v) is 22.3. The van der Waals surface area contributed by atoms with Crippen LogP contribution in [0.4, 0.5) is 22.7 Å². The monoisotopic (exact) mass is 874 g/mol. The van der Waals surface area contributed by atoms with Crippen molar-refractivity contribution >= 4 is 112 Å². The first-order chi connectivity index (χ1) is 29.8. The number of hydrogen-bond acceptors (Lipinski definition) is 8. The summed E-state index contributed by atoms with van der Waals surface area (Å²) in [5, 5.41) is 9.67. The van der Waals surface area contributed by atoms with Gasteiger partial charge in [-0.25, -0.2) is 9.97 Å². The van der Waals surface area contributed by atoms with Crippen molar-refractivity contribution in [2.75, 3.05) is 21.7 Å². The third-order valence-corrected chi connectivity index (χ3v) is 14.0. The van der Waals surface area contributed by atoms with Gasteiger partial charge in [-0.15, -0.1) is 25.3 Å². The van der Waals surface area contributed by atoms with Gasteiger partial charge in [-0.05, 0) is 120 Å². The van der Waals surface area contributed by atoms with Crippen LogP contribution in [0.3, 0.4) is 0 Å². The molecule has 13 heteroatoms.